The van der Waals surface area contributed by atoms with Crippen molar-refractivity contribution < 1.29 is 0 Å². The van der Waals surface area contributed by atoms with Gasteiger partial charge >= 0.3 is 0 Å². The third-order valence-electron chi connectivity index (χ3n) is 6.45. The molecule has 0 bridgehead atoms. The van der Waals surface area contributed by atoms with Crippen molar-refractivity contribution in [2.24, 2.45) is 0 Å². The first kappa shape index (κ1) is 22.8. The first-order valence-corrected chi connectivity index (χ1v) is 12.2. The molecule has 4 heterocycles. The smallest absolute Gasteiger partial charge is 0.101 e. The molecule has 0 spiro atoms. The summed E-state index contributed by atoms with van der Waals surface area (Å²) in [5.41, 5.74) is 6.27. The summed E-state index contributed by atoms with van der Waals surface area (Å²) in [5, 5.41) is 11.6. The number of nitrogens with zero attached hydrogens (tertiary/aromatic N) is 5. The molecule has 7 nitrogen and oxygen atoms in total. The standard InChI is InChI=1S/C26H30ClN7/c1-18(2)34-12-10-33(11-13-34)9-8-28-21-15-25-24(29-16-21)7-6-23(31-25)22-17-30-32-26(22)19-4-3-5-20(27)14-19/h3-7,14-18,28H,8-13H2,1-2H3,(H,30,32). The van der Waals surface area contributed by atoms with E-state index in [9.17, 15) is 0 Å². The van der Waals surface area contributed by atoms with Crippen molar-refractivity contribution >= 4 is 28.3 Å². The number of pyridine rings is 2. The van der Waals surface area contributed by atoms with Gasteiger partial charge in [0.15, 0.2) is 0 Å². The largest absolute Gasteiger partial charge is 0.382 e. The Bertz CT molecular complexity index is 1260. The minimum Gasteiger partial charge on any atom is -0.382 e. The first-order valence-electron chi connectivity index (χ1n) is 11.8. The Hall–Kier alpha value is -3.00. The number of hydrogen-bond donors (Lipinski definition) is 2. The lowest BCUT2D eigenvalue weighted by Gasteiger charge is -2.36. The maximum atomic E-state index is 6.19. The number of aromatic nitrogens is 4. The highest BCUT2D eigenvalue weighted by molar-refractivity contribution is 6.30. The average molecular weight is 476 g/mol. The molecule has 34 heavy (non-hydrogen) atoms. The number of rotatable bonds is 7. The molecule has 4 aromatic rings. The van der Waals surface area contributed by atoms with Crippen molar-refractivity contribution in [3.63, 3.8) is 0 Å². The van der Waals surface area contributed by atoms with Crippen LogP contribution < -0.4 is 5.32 Å². The van der Waals surface area contributed by atoms with Crippen LogP contribution in [0.5, 0.6) is 0 Å². The van der Waals surface area contributed by atoms with E-state index < -0.39 is 0 Å². The monoisotopic (exact) mass is 475 g/mol. The molecule has 176 valence electrons. The molecule has 1 saturated heterocycles. The molecule has 0 aliphatic carbocycles. The van der Waals surface area contributed by atoms with E-state index >= 15 is 0 Å². The normalized spacial score (nSPS) is 15.3. The van der Waals surface area contributed by atoms with Gasteiger partial charge < -0.3 is 5.32 Å². The lowest BCUT2D eigenvalue weighted by atomic mass is 10.1. The average Bonchev–Trinajstić information content (AvgIpc) is 3.34. The van der Waals surface area contributed by atoms with E-state index in [2.05, 4.69) is 50.2 Å². The van der Waals surface area contributed by atoms with Gasteiger partial charge in [-0.25, -0.2) is 4.98 Å². The zero-order valence-electron chi connectivity index (χ0n) is 19.6. The highest BCUT2D eigenvalue weighted by Crippen LogP contribution is 2.31. The van der Waals surface area contributed by atoms with Crippen LogP contribution in [0.1, 0.15) is 13.8 Å². The van der Waals surface area contributed by atoms with Gasteiger partial charge in [0, 0.05) is 67.7 Å². The fourth-order valence-electron chi connectivity index (χ4n) is 4.46. The quantitative estimate of drug-likeness (QED) is 0.401. The van der Waals surface area contributed by atoms with Crippen LogP contribution >= 0.6 is 11.6 Å². The van der Waals surface area contributed by atoms with Gasteiger partial charge in [-0.15, -0.1) is 0 Å². The molecule has 1 fully saturated rings. The van der Waals surface area contributed by atoms with Crippen LogP contribution in [0.4, 0.5) is 5.69 Å². The first-order chi connectivity index (χ1) is 16.6. The van der Waals surface area contributed by atoms with Gasteiger partial charge in [0.2, 0.25) is 0 Å². The van der Waals surface area contributed by atoms with Gasteiger partial charge in [0.1, 0.15) is 5.69 Å². The Morgan fingerprint density at radius 1 is 1.06 bits per heavy atom. The molecule has 1 aromatic carbocycles. The Morgan fingerprint density at radius 3 is 2.71 bits per heavy atom. The highest BCUT2D eigenvalue weighted by Gasteiger charge is 2.18. The lowest BCUT2D eigenvalue weighted by molar-refractivity contribution is 0.111. The second-order valence-electron chi connectivity index (χ2n) is 9.01. The number of aromatic amines is 1. The summed E-state index contributed by atoms with van der Waals surface area (Å²) in [6.07, 6.45) is 3.76. The van der Waals surface area contributed by atoms with Gasteiger partial charge in [-0.05, 0) is 44.2 Å². The second kappa shape index (κ2) is 10.1. The van der Waals surface area contributed by atoms with Gasteiger partial charge in [-0.2, -0.15) is 5.10 Å². The van der Waals surface area contributed by atoms with Crippen LogP contribution in [0, 0.1) is 0 Å². The molecule has 0 radical (unpaired) electrons. The molecule has 0 atom stereocenters. The number of piperazine rings is 1. The van der Waals surface area contributed by atoms with E-state index in [4.69, 9.17) is 16.6 Å². The van der Waals surface area contributed by atoms with Crippen LogP contribution in [0.2, 0.25) is 5.02 Å². The zero-order chi connectivity index (χ0) is 23.5. The van der Waals surface area contributed by atoms with Crippen molar-refractivity contribution in [3.8, 4) is 22.5 Å². The number of H-pyrrole nitrogens is 1. The number of hydrogen-bond acceptors (Lipinski definition) is 6. The Labute approximate surface area is 205 Å². The molecule has 0 unspecified atom stereocenters. The predicted octanol–water partition coefficient (Wildman–Crippen LogP) is 4.78. The van der Waals surface area contributed by atoms with E-state index in [-0.39, 0.29) is 0 Å². The van der Waals surface area contributed by atoms with Crippen LogP contribution in [-0.4, -0.2) is 75.3 Å². The van der Waals surface area contributed by atoms with Gasteiger partial charge in [-0.3, -0.25) is 19.9 Å². The number of fused-ring (bicyclic) bond motifs is 1. The summed E-state index contributed by atoms with van der Waals surface area (Å²) < 4.78 is 0. The number of benzene rings is 1. The van der Waals surface area contributed by atoms with E-state index in [0.717, 1.165) is 78.5 Å². The molecule has 5 rings (SSSR count). The fourth-order valence-corrected chi connectivity index (χ4v) is 4.65. The Morgan fingerprint density at radius 2 is 1.91 bits per heavy atom. The lowest BCUT2D eigenvalue weighted by Crippen LogP contribution is -2.49. The van der Waals surface area contributed by atoms with E-state index in [1.165, 1.54) is 0 Å². The molecular formula is C26H30ClN7. The topological polar surface area (TPSA) is 73.0 Å². The molecule has 3 aromatic heterocycles. The van der Waals surface area contributed by atoms with Gasteiger partial charge in [0.05, 0.1) is 28.6 Å². The summed E-state index contributed by atoms with van der Waals surface area (Å²) in [6.45, 7) is 11.0. The van der Waals surface area contributed by atoms with Crippen molar-refractivity contribution in [3.05, 3.63) is 59.9 Å². The van der Waals surface area contributed by atoms with Gasteiger partial charge in [-0.1, -0.05) is 23.7 Å². The third-order valence-corrected chi connectivity index (χ3v) is 6.68. The number of nitrogens with one attached hydrogen (secondary N) is 2. The summed E-state index contributed by atoms with van der Waals surface area (Å²) >= 11 is 6.19. The minimum atomic E-state index is 0.630. The van der Waals surface area contributed by atoms with E-state index in [0.29, 0.717) is 11.1 Å². The molecular weight excluding hydrogens is 446 g/mol. The summed E-state index contributed by atoms with van der Waals surface area (Å²) in [6, 6.07) is 14.4. The van der Waals surface area contributed by atoms with Crippen LogP contribution in [0.3, 0.4) is 0 Å². The summed E-state index contributed by atoms with van der Waals surface area (Å²) in [5.74, 6) is 0. The molecule has 0 amide bonds. The number of halogens is 1. The summed E-state index contributed by atoms with van der Waals surface area (Å²) in [7, 11) is 0. The minimum absolute atomic E-state index is 0.630. The summed E-state index contributed by atoms with van der Waals surface area (Å²) in [4.78, 5) is 14.6. The van der Waals surface area contributed by atoms with Crippen LogP contribution in [-0.2, 0) is 0 Å². The molecule has 2 N–H and O–H groups in total. The molecule has 0 saturated carbocycles. The van der Waals surface area contributed by atoms with Crippen LogP contribution in [0.25, 0.3) is 33.5 Å². The molecule has 8 heteroatoms. The fraction of sp³-hybridized carbons (Fsp3) is 0.346. The SMILES string of the molecule is CC(C)N1CCN(CCNc2cnc3ccc(-c4c[nH]nc4-c4cccc(Cl)c4)nc3c2)CC1. The highest BCUT2D eigenvalue weighted by atomic mass is 35.5. The van der Waals surface area contributed by atoms with Crippen molar-refractivity contribution in [1.82, 2.24) is 30.0 Å². The third kappa shape index (κ3) is 5.06. The maximum Gasteiger partial charge on any atom is 0.101 e. The Balaban J connectivity index is 1.28. The van der Waals surface area contributed by atoms with Crippen molar-refractivity contribution in [2.45, 2.75) is 19.9 Å². The van der Waals surface area contributed by atoms with Crippen LogP contribution in [0.15, 0.2) is 54.9 Å². The Kier molecular flexibility index (Phi) is 6.76. The molecule has 1 aliphatic heterocycles. The molecule has 1 aliphatic rings. The maximum absolute atomic E-state index is 6.19. The van der Waals surface area contributed by atoms with Gasteiger partial charge in [0.25, 0.3) is 0 Å². The second-order valence-corrected chi connectivity index (χ2v) is 9.45. The van der Waals surface area contributed by atoms with E-state index in [1.54, 1.807) is 0 Å². The van der Waals surface area contributed by atoms with Crippen molar-refractivity contribution in [1.29, 1.82) is 0 Å². The predicted molar refractivity (Wildman–Crippen MR) is 139 cm³/mol. The van der Waals surface area contributed by atoms with E-state index in [1.807, 2.05) is 48.8 Å². The zero-order valence-corrected chi connectivity index (χ0v) is 20.4. The van der Waals surface area contributed by atoms with Crippen molar-refractivity contribution in [2.75, 3.05) is 44.6 Å². The number of anilines is 1.